The molecular weight excluding hydrogens is 392 g/mol. The van der Waals surface area contributed by atoms with Crippen LogP contribution in [0.15, 0.2) is 22.7 Å². The third-order valence-corrected chi connectivity index (χ3v) is 4.36. The molecule has 0 aliphatic carbocycles. The Balaban J connectivity index is 2.39. The van der Waals surface area contributed by atoms with E-state index in [0.29, 0.717) is 23.8 Å². The lowest BCUT2D eigenvalue weighted by molar-refractivity contribution is -0.183. The number of likely N-dealkylation sites (tertiary alicyclic amines) is 1. The zero-order chi connectivity index (χ0) is 17.4. The number of piperidine rings is 1. The van der Waals surface area contributed by atoms with Gasteiger partial charge in [-0.05, 0) is 53.4 Å². The van der Waals surface area contributed by atoms with Crippen LogP contribution in [-0.4, -0.2) is 29.6 Å². The fourth-order valence-corrected chi connectivity index (χ4v) is 2.95. The van der Waals surface area contributed by atoms with E-state index in [9.17, 15) is 31.1 Å². The highest BCUT2D eigenvalue weighted by molar-refractivity contribution is 9.10. The second-order valence-electron chi connectivity index (χ2n) is 5.24. The molecule has 0 radical (unpaired) electrons. The molecule has 0 aromatic heterocycles. The zero-order valence-corrected chi connectivity index (χ0v) is 13.2. The monoisotopic (exact) mass is 403 g/mol. The van der Waals surface area contributed by atoms with Crippen molar-refractivity contribution in [2.45, 2.75) is 37.7 Å². The molecule has 23 heavy (non-hydrogen) atoms. The summed E-state index contributed by atoms with van der Waals surface area (Å²) >= 11 is 2.94. The molecule has 0 bridgehead atoms. The van der Waals surface area contributed by atoms with E-state index in [-0.39, 0.29) is 17.4 Å². The van der Waals surface area contributed by atoms with Crippen LogP contribution in [0.1, 0.15) is 35.2 Å². The van der Waals surface area contributed by atoms with E-state index >= 15 is 0 Å². The Hall–Kier alpha value is -1.25. The van der Waals surface area contributed by atoms with Crippen LogP contribution >= 0.6 is 15.9 Å². The van der Waals surface area contributed by atoms with Crippen LogP contribution in [0.2, 0.25) is 0 Å². The largest absolute Gasteiger partial charge is 0.416 e. The molecule has 1 fully saturated rings. The highest BCUT2D eigenvalue weighted by Crippen LogP contribution is 2.36. The van der Waals surface area contributed by atoms with Crippen LogP contribution in [0.3, 0.4) is 0 Å². The maximum Gasteiger partial charge on any atom is 0.416 e. The van der Waals surface area contributed by atoms with E-state index in [1.165, 1.54) is 0 Å². The molecule has 1 heterocycles. The Morgan fingerprint density at radius 3 is 2.35 bits per heavy atom. The molecular formula is C14H12BrF6NO. The van der Waals surface area contributed by atoms with Gasteiger partial charge in [0.05, 0.1) is 11.1 Å². The molecule has 0 saturated carbocycles. The predicted octanol–water partition coefficient (Wildman–Crippen LogP) is 5.02. The molecule has 1 aliphatic heterocycles. The molecule has 1 atom stereocenters. The van der Waals surface area contributed by atoms with Crippen molar-refractivity contribution in [2.24, 2.45) is 0 Å². The Morgan fingerprint density at radius 2 is 1.78 bits per heavy atom. The fraction of sp³-hybridized carbons (Fsp3) is 0.500. The minimum Gasteiger partial charge on any atom is -0.326 e. The molecule has 9 heteroatoms. The highest BCUT2D eigenvalue weighted by Gasteiger charge is 2.46. The molecule has 128 valence electrons. The zero-order valence-electron chi connectivity index (χ0n) is 11.6. The second kappa shape index (κ2) is 6.33. The predicted molar refractivity (Wildman–Crippen MR) is 73.9 cm³/mol. The maximum absolute atomic E-state index is 13.1. The highest BCUT2D eigenvalue weighted by atomic mass is 79.9. The number of benzene rings is 1. The van der Waals surface area contributed by atoms with Gasteiger partial charge in [-0.25, -0.2) is 0 Å². The number of alkyl halides is 6. The van der Waals surface area contributed by atoms with Crippen molar-refractivity contribution in [3.8, 4) is 0 Å². The van der Waals surface area contributed by atoms with Gasteiger partial charge in [-0.1, -0.05) is 0 Å². The van der Waals surface area contributed by atoms with Crippen molar-refractivity contribution >= 4 is 21.8 Å². The van der Waals surface area contributed by atoms with E-state index in [1.807, 2.05) is 0 Å². The van der Waals surface area contributed by atoms with Crippen LogP contribution in [0.5, 0.6) is 0 Å². The van der Waals surface area contributed by atoms with Crippen LogP contribution in [0.25, 0.3) is 0 Å². The molecule has 0 N–H and O–H groups in total. The summed E-state index contributed by atoms with van der Waals surface area (Å²) in [7, 11) is 0. The number of amides is 1. The first-order chi connectivity index (χ1) is 10.5. The molecule has 1 aromatic rings. The first-order valence-corrected chi connectivity index (χ1v) is 7.55. The second-order valence-corrected chi connectivity index (χ2v) is 6.10. The van der Waals surface area contributed by atoms with Crippen molar-refractivity contribution in [3.05, 3.63) is 33.8 Å². The topological polar surface area (TPSA) is 20.3 Å². The number of halogens is 7. The minimum atomic E-state index is -4.68. The van der Waals surface area contributed by atoms with Gasteiger partial charge in [0.25, 0.3) is 5.91 Å². The Labute approximate surface area is 136 Å². The van der Waals surface area contributed by atoms with Crippen LogP contribution in [-0.2, 0) is 6.18 Å². The van der Waals surface area contributed by atoms with Gasteiger partial charge in [0.1, 0.15) is 6.04 Å². The van der Waals surface area contributed by atoms with E-state index in [1.54, 1.807) is 0 Å². The summed E-state index contributed by atoms with van der Waals surface area (Å²) in [5.74, 6) is -1.05. The molecule has 1 amide bonds. The van der Waals surface area contributed by atoms with Gasteiger partial charge in [0.15, 0.2) is 0 Å². The quantitative estimate of drug-likeness (QED) is 0.602. The van der Waals surface area contributed by atoms with Gasteiger partial charge in [-0.2, -0.15) is 26.3 Å². The average molecular weight is 404 g/mol. The third-order valence-electron chi connectivity index (χ3n) is 3.67. The van der Waals surface area contributed by atoms with Gasteiger partial charge in [-0.3, -0.25) is 4.79 Å². The van der Waals surface area contributed by atoms with Crippen molar-refractivity contribution in [3.63, 3.8) is 0 Å². The summed E-state index contributed by atoms with van der Waals surface area (Å²) in [6, 6.07) is 0.389. The molecule has 1 saturated heterocycles. The molecule has 2 nitrogen and oxygen atoms in total. The van der Waals surface area contributed by atoms with Crippen LogP contribution in [0, 0.1) is 0 Å². The van der Waals surface area contributed by atoms with Crippen molar-refractivity contribution in [1.82, 2.24) is 4.90 Å². The summed E-state index contributed by atoms with van der Waals surface area (Å²) in [5.41, 5.74) is -1.50. The molecule has 2 rings (SSSR count). The summed E-state index contributed by atoms with van der Waals surface area (Å²) in [6.45, 7) is -0.133. The number of carbonyl (C=O) groups is 1. The van der Waals surface area contributed by atoms with Crippen LogP contribution < -0.4 is 0 Å². The Kier molecular flexibility index (Phi) is 4.98. The number of hydrogen-bond donors (Lipinski definition) is 0. The van der Waals surface area contributed by atoms with Crippen molar-refractivity contribution in [2.75, 3.05) is 6.54 Å². The molecule has 1 aliphatic rings. The number of hydrogen-bond acceptors (Lipinski definition) is 1. The number of nitrogens with zero attached hydrogens (tertiary/aromatic N) is 1. The fourth-order valence-electron chi connectivity index (χ4n) is 2.54. The normalized spacial score (nSPS) is 19.8. The standard InChI is InChI=1S/C14H12BrF6NO/c15-10-5-4-8(13(16,17)18)7-9(10)12(23)22-6-2-1-3-11(22)14(19,20)21/h4-5,7,11H,1-3,6H2. The smallest absolute Gasteiger partial charge is 0.326 e. The van der Waals surface area contributed by atoms with E-state index in [2.05, 4.69) is 15.9 Å². The SMILES string of the molecule is O=C(c1cc(C(F)(F)F)ccc1Br)N1CCCCC1C(F)(F)F. The lowest BCUT2D eigenvalue weighted by Gasteiger charge is -2.37. The molecule has 0 spiro atoms. The number of rotatable bonds is 1. The lowest BCUT2D eigenvalue weighted by Crippen LogP contribution is -2.51. The van der Waals surface area contributed by atoms with Gasteiger partial charge < -0.3 is 4.90 Å². The van der Waals surface area contributed by atoms with Crippen molar-refractivity contribution < 1.29 is 31.1 Å². The average Bonchev–Trinajstić information content (AvgIpc) is 2.45. The van der Waals surface area contributed by atoms with E-state index < -0.39 is 35.4 Å². The summed E-state index contributed by atoms with van der Waals surface area (Å²) in [6.07, 6.45) is -8.83. The van der Waals surface area contributed by atoms with Crippen LogP contribution in [0.4, 0.5) is 26.3 Å². The molecule has 1 unspecified atom stereocenters. The maximum atomic E-state index is 13.1. The third kappa shape index (κ3) is 3.99. The number of carbonyl (C=O) groups excluding carboxylic acids is 1. The van der Waals surface area contributed by atoms with Gasteiger partial charge in [0.2, 0.25) is 0 Å². The minimum absolute atomic E-state index is 0.0296. The summed E-state index contributed by atoms with van der Waals surface area (Å²) in [4.78, 5) is 13.0. The Bertz CT molecular complexity index is 598. The van der Waals surface area contributed by atoms with E-state index in [4.69, 9.17) is 0 Å². The molecule has 1 aromatic carbocycles. The summed E-state index contributed by atoms with van der Waals surface area (Å²) < 4.78 is 77.4. The lowest BCUT2D eigenvalue weighted by atomic mass is 9.99. The van der Waals surface area contributed by atoms with Gasteiger partial charge >= 0.3 is 12.4 Å². The Morgan fingerprint density at radius 1 is 1.13 bits per heavy atom. The van der Waals surface area contributed by atoms with Gasteiger partial charge in [-0.15, -0.1) is 0 Å². The van der Waals surface area contributed by atoms with Gasteiger partial charge in [0, 0.05) is 11.0 Å². The first kappa shape index (κ1) is 18.1. The van der Waals surface area contributed by atoms with Crippen molar-refractivity contribution in [1.29, 1.82) is 0 Å². The first-order valence-electron chi connectivity index (χ1n) is 6.76. The van der Waals surface area contributed by atoms with E-state index in [0.717, 1.165) is 12.1 Å². The summed E-state index contributed by atoms with van der Waals surface area (Å²) in [5, 5.41) is 0.